The fourth-order valence-electron chi connectivity index (χ4n) is 1.46. The SMILES string of the molecule is CCCNC(=O)CNC(=O)Nc1ccc(F)cc1C(=O)O. The van der Waals surface area contributed by atoms with Gasteiger partial charge < -0.3 is 21.1 Å². The molecule has 114 valence electrons. The number of nitrogens with one attached hydrogen (secondary N) is 3. The Morgan fingerprint density at radius 2 is 1.95 bits per heavy atom. The van der Waals surface area contributed by atoms with E-state index in [0.717, 1.165) is 24.6 Å². The molecule has 0 heterocycles. The van der Waals surface area contributed by atoms with Crippen molar-refractivity contribution in [1.82, 2.24) is 10.6 Å². The second-order valence-electron chi connectivity index (χ2n) is 4.15. The van der Waals surface area contributed by atoms with Crippen molar-refractivity contribution in [2.24, 2.45) is 0 Å². The minimum atomic E-state index is -1.37. The average Bonchev–Trinajstić information content (AvgIpc) is 2.44. The normalized spacial score (nSPS) is 9.81. The van der Waals surface area contributed by atoms with E-state index in [2.05, 4.69) is 16.0 Å². The van der Waals surface area contributed by atoms with Crippen LogP contribution in [-0.2, 0) is 4.79 Å². The van der Waals surface area contributed by atoms with Crippen LogP contribution < -0.4 is 16.0 Å². The molecule has 1 aromatic carbocycles. The number of urea groups is 1. The zero-order valence-electron chi connectivity index (χ0n) is 11.4. The van der Waals surface area contributed by atoms with Gasteiger partial charge in [0.05, 0.1) is 17.8 Å². The summed E-state index contributed by atoms with van der Waals surface area (Å²) >= 11 is 0. The highest BCUT2D eigenvalue weighted by Gasteiger charge is 2.13. The van der Waals surface area contributed by atoms with E-state index in [9.17, 15) is 18.8 Å². The molecule has 0 radical (unpaired) electrons. The summed E-state index contributed by atoms with van der Waals surface area (Å²) in [5.41, 5.74) is -0.434. The monoisotopic (exact) mass is 297 g/mol. The summed E-state index contributed by atoms with van der Waals surface area (Å²) in [4.78, 5) is 33.8. The van der Waals surface area contributed by atoms with Crippen molar-refractivity contribution >= 4 is 23.6 Å². The van der Waals surface area contributed by atoms with Gasteiger partial charge in [0.1, 0.15) is 5.82 Å². The third-order valence-corrected chi connectivity index (χ3v) is 2.44. The molecule has 0 spiro atoms. The molecule has 0 aliphatic carbocycles. The van der Waals surface area contributed by atoms with Crippen molar-refractivity contribution in [2.45, 2.75) is 13.3 Å². The second-order valence-corrected chi connectivity index (χ2v) is 4.15. The lowest BCUT2D eigenvalue weighted by molar-refractivity contribution is -0.120. The first-order chi connectivity index (χ1) is 9.93. The van der Waals surface area contributed by atoms with Crippen molar-refractivity contribution in [3.05, 3.63) is 29.6 Å². The molecule has 3 amide bonds. The van der Waals surface area contributed by atoms with Gasteiger partial charge in [0.2, 0.25) is 5.91 Å². The third kappa shape index (κ3) is 5.47. The van der Waals surface area contributed by atoms with E-state index < -0.39 is 17.8 Å². The number of carboxylic acids is 1. The van der Waals surface area contributed by atoms with Crippen LogP contribution in [0.3, 0.4) is 0 Å². The van der Waals surface area contributed by atoms with Crippen LogP contribution in [0, 0.1) is 5.82 Å². The standard InChI is InChI=1S/C13H16FN3O4/c1-2-5-15-11(18)7-16-13(21)17-10-4-3-8(14)6-9(10)12(19)20/h3-4,6H,2,5,7H2,1H3,(H,15,18)(H,19,20)(H2,16,17,21). The molecule has 0 aliphatic rings. The Bertz CT molecular complexity index is 548. The quantitative estimate of drug-likeness (QED) is 0.632. The maximum atomic E-state index is 13.0. The van der Waals surface area contributed by atoms with E-state index in [1.54, 1.807) is 0 Å². The molecular formula is C13H16FN3O4. The number of carbonyl (C=O) groups is 3. The van der Waals surface area contributed by atoms with Gasteiger partial charge in [0, 0.05) is 6.54 Å². The summed E-state index contributed by atoms with van der Waals surface area (Å²) in [5, 5.41) is 16.0. The minimum Gasteiger partial charge on any atom is -0.478 e. The number of rotatable bonds is 6. The lowest BCUT2D eigenvalue weighted by Gasteiger charge is -2.10. The molecule has 0 saturated heterocycles. The van der Waals surface area contributed by atoms with Gasteiger partial charge in [-0.25, -0.2) is 14.0 Å². The predicted molar refractivity (Wildman–Crippen MR) is 73.7 cm³/mol. The van der Waals surface area contributed by atoms with E-state index in [0.29, 0.717) is 6.54 Å². The Morgan fingerprint density at radius 1 is 1.24 bits per heavy atom. The highest BCUT2D eigenvalue weighted by Crippen LogP contribution is 2.16. The minimum absolute atomic E-state index is 0.0598. The van der Waals surface area contributed by atoms with E-state index >= 15 is 0 Å². The molecular weight excluding hydrogens is 281 g/mol. The zero-order chi connectivity index (χ0) is 15.8. The number of carbonyl (C=O) groups excluding carboxylic acids is 2. The van der Waals surface area contributed by atoms with Gasteiger partial charge in [0.15, 0.2) is 0 Å². The second kappa shape index (κ2) is 7.83. The Balaban J connectivity index is 2.59. The average molecular weight is 297 g/mol. The third-order valence-electron chi connectivity index (χ3n) is 2.44. The Kier molecular flexibility index (Phi) is 6.12. The van der Waals surface area contributed by atoms with Crippen molar-refractivity contribution in [3.63, 3.8) is 0 Å². The van der Waals surface area contributed by atoms with E-state index in [-0.39, 0.29) is 23.7 Å². The number of anilines is 1. The number of carboxylic acid groups (broad SMARTS) is 1. The first-order valence-electron chi connectivity index (χ1n) is 6.28. The molecule has 0 aromatic heterocycles. The molecule has 7 nitrogen and oxygen atoms in total. The number of hydrogen-bond acceptors (Lipinski definition) is 3. The van der Waals surface area contributed by atoms with Gasteiger partial charge >= 0.3 is 12.0 Å². The Labute approximate surface area is 120 Å². The lowest BCUT2D eigenvalue weighted by atomic mass is 10.2. The molecule has 4 N–H and O–H groups in total. The van der Waals surface area contributed by atoms with Crippen molar-refractivity contribution in [3.8, 4) is 0 Å². The lowest BCUT2D eigenvalue weighted by Crippen LogP contribution is -2.39. The van der Waals surface area contributed by atoms with Gasteiger partial charge in [-0.05, 0) is 24.6 Å². The molecule has 1 rings (SSSR count). The van der Waals surface area contributed by atoms with Crippen LogP contribution in [0.25, 0.3) is 0 Å². The largest absolute Gasteiger partial charge is 0.478 e. The van der Waals surface area contributed by atoms with Crippen LogP contribution in [0.5, 0.6) is 0 Å². The molecule has 21 heavy (non-hydrogen) atoms. The van der Waals surface area contributed by atoms with Crippen molar-refractivity contribution in [1.29, 1.82) is 0 Å². The van der Waals surface area contributed by atoms with Crippen LogP contribution in [0.1, 0.15) is 23.7 Å². The molecule has 0 saturated carbocycles. The van der Waals surface area contributed by atoms with Crippen LogP contribution in [-0.4, -0.2) is 36.1 Å². The molecule has 1 aromatic rings. The van der Waals surface area contributed by atoms with Crippen LogP contribution in [0.4, 0.5) is 14.9 Å². The van der Waals surface area contributed by atoms with Crippen molar-refractivity contribution < 1.29 is 23.9 Å². The van der Waals surface area contributed by atoms with Crippen molar-refractivity contribution in [2.75, 3.05) is 18.4 Å². The molecule has 8 heteroatoms. The summed E-state index contributed by atoms with van der Waals surface area (Å²) in [6, 6.07) is 2.20. The highest BCUT2D eigenvalue weighted by molar-refractivity contribution is 6.00. The van der Waals surface area contributed by atoms with Crippen LogP contribution in [0.2, 0.25) is 0 Å². The molecule has 0 atom stereocenters. The Morgan fingerprint density at radius 3 is 2.57 bits per heavy atom. The van der Waals surface area contributed by atoms with Gasteiger partial charge in [-0.15, -0.1) is 0 Å². The predicted octanol–water partition coefficient (Wildman–Crippen LogP) is 1.17. The summed E-state index contributed by atoms with van der Waals surface area (Å²) in [5.74, 6) is -2.45. The molecule has 0 fully saturated rings. The Hall–Kier alpha value is -2.64. The van der Waals surface area contributed by atoms with E-state index in [1.807, 2.05) is 6.92 Å². The molecule has 0 unspecified atom stereocenters. The maximum absolute atomic E-state index is 13.0. The number of benzene rings is 1. The fourth-order valence-corrected chi connectivity index (χ4v) is 1.46. The number of aromatic carboxylic acids is 1. The summed E-state index contributed by atoms with van der Waals surface area (Å²) in [7, 11) is 0. The fraction of sp³-hybridized carbons (Fsp3) is 0.308. The van der Waals surface area contributed by atoms with E-state index in [4.69, 9.17) is 5.11 Å². The van der Waals surface area contributed by atoms with Crippen LogP contribution in [0.15, 0.2) is 18.2 Å². The number of hydrogen-bond donors (Lipinski definition) is 4. The van der Waals surface area contributed by atoms with Crippen LogP contribution >= 0.6 is 0 Å². The maximum Gasteiger partial charge on any atom is 0.337 e. The molecule has 0 bridgehead atoms. The zero-order valence-corrected chi connectivity index (χ0v) is 11.4. The highest BCUT2D eigenvalue weighted by atomic mass is 19.1. The van der Waals surface area contributed by atoms with Gasteiger partial charge in [-0.1, -0.05) is 6.92 Å². The van der Waals surface area contributed by atoms with Gasteiger partial charge in [-0.3, -0.25) is 4.79 Å². The smallest absolute Gasteiger partial charge is 0.337 e. The summed E-state index contributed by atoms with van der Waals surface area (Å²) < 4.78 is 13.0. The summed E-state index contributed by atoms with van der Waals surface area (Å²) in [6.07, 6.45) is 0.773. The molecule has 0 aliphatic heterocycles. The van der Waals surface area contributed by atoms with Gasteiger partial charge in [-0.2, -0.15) is 0 Å². The van der Waals surface area contributed by atoms with Gasteiger partial charge in [0.25, 0.3) is 0 Å². The first-order valence-corrected chi connectivity index (χ1v) is 6.28. The first kappa shape index (κ1) is 16.4. The van der Waals surface area contributed by atoms with E-state index in [1.165, 1.54) is 0 Å². The number of amides is 3. The number of halogens is 1. The topological polar surface area (TPSA) is 108 Å². The summed E-state index contributed by atoms with van der Waals surface area (Å²) in [6.45, 7) is 2.15.